The van der Waals surface area contributed by atoms with Crippen molar-refractivity contribution in [3.63, 3.8) is 0 Å². The molecule has 0 aliphatic carbocycles. The molecule has 0 fully saturated rings. The van der Waals surface area contributed by atoms with Gasteiger partial charge in [-0.25, -0.2) is 0 Å². The zero-order chi connectivity index (χ0) is 22.2. The summed E-state index contributed by atoms with van der Waals surface area (Å²) in [6.45, 7) is 30.7. The predicted octanol–water partition coefficient (Wildman–Crippen LogP) is 8.91. The molecule has 162 valence electrons. The van der Waals surface area contributed by atoms with Gasteiger partial charge in [-0.05, 0) is 19.3 Å². The molecular weight excluding hydrogens is 383 g/mol. The van der Waals surface area contributed by atoms with Crippen LogP contribution in [-0.2, 0) is 0 Å². The second-order valence-electron chi connectivity index (χ2n) is 11.5. The van der Waals surface area contributed by atoms with Crippen LogP contribution in [0.4, 0.5) is 0 Å². The molecule has 0 bridgehead atoms. The molecule has 28 heavy (non-hydrogen) atoms. The lowest BCUT2D eigenvalue weighted by Gasteiger charge is -2.39. The fraction of sp³-hybridized carbons (Fsp3) is 0.750. The summed E-state index contributed by atoms with van der Waals surface area (Å²) in [6, 6.07) is 0. The van der Waals surface area contributed by atoms with Crippen LogP contribution in [0.25, 0.3) is 0 Å². The van der Waals surface area contributed by atoms with Crippen LogP contribution in [0, 0.1) is 0 Å². The van der Waals surface area contributed by atoms with Crippen molar-refractivity contribution >= 4 is 30.9 Å². The largest absolute Gasteiger partial charge is 0.215 e. The summed E-state index contributed by atoms with van der Waals surface area (Å²) in [5, 5.41) is 5.47. The quantitative estimate of drug-likeness (QED) is 0.269. The van der Waals surface area contributed by atoms with Crippen molar-refractivity contribution in [3.8, 4) is 0 Å². The third-order valence-corrected chi connectivity index (χ3v) is 12.2. The summed E-state index contributed by atoms with van der Waals surface area (Å²) in [6.07, 6.45) is 15.5. The van der Waals surface area contributed by atoms with Crippen LogP contribution in [0.2, 0.25) is 58.9 Å². The van der Waals surface area contributed by atoms with Crippen LogP contribution >= 0.6 is 0 Å². The third kappa shape index (κ3) is 9.17. The van der Waals surface area contributed by atoms with Gasteiger partial charge in [-0.1, -0.05) is 117 Å². The molecule has 0 aromatic rings. The third-order valence-electron chi connectivity index (χ3n) is 5.49. The predicted molar refractivity (Wildman–Crippen MR) is 145 cm³/mol. The maximum atomic E-state index is 2.68. The van der Waals surface area contributed by atoms with Gasteiger partial charge < -0.3 is 0 Å². The second kappa shape index (κ2) is 12.0. The van der Waals surface area contributed by atoms with Crippen LogP contribution in [0.15, 0.2) is 33.5 Å². The van der Waals surface area contributed by atoms with E-state index in [2.05, 4.69) is 97.9 Å². The van der Waals surface area contributed by atoms with Crippen LogP contribution in [0.5, 0.6) is 0 Å². The monoisotopic (exact) mass is 434 g/mol. The van der Waals surface area contributed by atoms with Crippen molar-refractivity contribution in [2.24, 2.45) is 0 Å². The van der Waals surface area contributed by atoms with Crippen LogP contribution in [-0.4, -0.2) is 30.9 Å². The molecule has 0 atom stereocenters. The molecule has 0 rings (SSSR count). The lowest BCUT2D eigenvalue weighted by Crippen LogP contribution is -2.49. The van der Waals surface area contributed by atoms with Crippen molar-refractivity contribution in [1.82, 2.24) is 0 Å². The van der Waals surface area contributed by atoms with E-state index < -0.39 is 24.2 Å². The summed E-state index contributed by atoms with van der Waals surface area (Å²) in [5.74, 6) is 0. The Labute approximate surface area is 182 Å². The van der Waals surface area contributed by atoms with Gasteiger partial charge in [0.25, 0.3) is 0 Å². The lowest BCUT2D eigenvalue weighted by atomic mass is 9.47. The molecule has 0 nitrogen and oxygen atoms in total. The van der Waals surface area contributed by atoms with Gasteiger partial charge >= 0.3 is 0 Å². The molecule has 4 heteroatoms. The minimum absolute atomic E-state index is 0.592. The molecule has 0 N–H and O–H groups in total. The number of hydrogen-bond donors (Lipinski definition) is 0. The van der Waals surface area contributed by atoms with Crippen molar-refractivity contribution in [2.75, 3.05) is 0 Å². The van der Waals surface area contributed by atoms with Gasteiger partial charge in [0.2, 0.25) is 6.71 Å². The van der Waals surface area contributed by atoms with Gasteiger partial charge in [-0.3, -0.25) is 0 Å². The van der Waals surface area contributed by atoms with E-state index in [1.54, 1.807) is 0 Å². The fourth-order valence-corrected chi connectivity index (χ4v) is 10.2. The molecule has 0 aliphatic rings. The Morgan fingerprint density at radius 1 is 0.500 bits per heavy atom. The van der Waals surface area contributed by atoms with Gasteiger partial charge in [0.05, 0.1) is 24.2 Å². The van der Waals surface area contributed by atoms with E-state index in [0.717, 1.165) is 0 Å². The number of rotatable bonds is 12. The Bertz CT molecular complexity index is 471. The molecule has 0 heterocycles. The van der Waals surface area contributed by atoms with Crippen LogP contribution in [0.1, 0.15) is 59.3 Å². The molecule has 0 aliphatic heterocycles. The molecule has 0 amide bonds. The van der Waals surface area contributed by atoms with Crippen molar-refractivity contribution < 1.29 is 0 Å². The van der Waals surface area contributed by atoms with Crippen molar-refractivity contribution in [2.45, 2.75) is 118 Å². The highest BCUT2D eigenvalue weighted by Crippen LogP contribution is 2.36. The smallest absolute Gasteiger partial charge is 0.106 e. The standard InChI is InChI=1S/C24H51BSi3/c1-13-16-19-22(26(4,5)6)25(23(20-17-14-2)27(7,8)9)24(21-18-15-3)28(10,11)12/h19-21H,13-18H2,1-12H3/b22-19-,23-20-,24-21-. The highest BCUT2D eigenvalue weighted by molar-refractivity contribution is 7.17. The zero-order valence-corrected chi connectivity index (χ0v) is 24.6. The van der Waals surface area contributed by atoms with Crippen LogP contribution in [0.3, 0.4) is 0 Å². The van der Waals surface area contributed by atoms with Crippen molar-refractivity contribution in [1.29, 1.82) is 0 Å². The maximum absolute atomic E-state index is 2.68. The first kappa shape index (κ1) is 27.9. The first-order valence-corrected chi connectivity index (χ1v) is 22.3. The van der Waals surface area contributed by atoms with E-state index in [1.165, 1.54) is 38.5 Å². The summed E-state index contributed by atoms with van der Waals surface area (Å²) in [4.78, 5) is 0. The van der Waals surface area contributed by atoms with Gasteiger partial charge in [0.1, 0.15) is 0 Å². The Hall–Kier alpha value is -0.0644. The van der Waals surface area contributed by atoms with E-state index in [9.17, 15) is 0 Å². The number of allylic oxidation sites excluding steroid dienone is 3. The minimum Gasteiger partial charge on any atom is -0.106 e. The van der Waals surface area contributed by atoms with E-state index in [-0.39, 0.29) is 0 Å². The molecule has 0 aromatic carbocycles. The highest BCUT2D eigenvalue weighted by Gasteiger charge is 2.42. The molecule has 0 unspecified atom stereocenters. The first-order chi connectivity index (χ1) is 12.7. The highest BCUT2D eigenvalue weighted by atomic mass is 28.3. The van der Waals surface area contributed by atoms with E-state index in [4.69, 9.17) is 0 Å². The molecule has 0 radical (unpaired) electrons. The summed E-state index contributed by atoms with van der Waals surface area (Å²) in [5.41, 5.74) is 0. The Balaban J connectivity index is 6.97. The van der Waals surface area contributed by atoms with Gasteiger partial charge in [-0.15, -0.1) is 15.3 Å². The van der Waals surface area contributed by atoms with Gasteiger partial charge in [0, 0.05) is 0 Å². The average Bonchev–Trinajstić information content (AvgIpc) is 2.51. The Kier molecular flexibility index (Phi) is 11.9. The summed E-state index contributed by atoms with van der Waals surface area (Å²) >= 11 is 0. The fourth-order valence-electron chi connectivity index (χ4n) is 3.97. The lowest BCUT2D eigenvalue weighted by molar-refractivity contribution is 0.954. The molecule has 0 saturated heterocycles. The van der Waals surface area contributed by atoms with Crippen molar-refractivity contribution in [3.05, 3.63) is 33.5 Å². The number of hydrogen-bond acceptors (Lipinski definition) is 0. The molecule has 0 saturated carbocycles. The second-order valence-corrected chi connectivity index (χ2v) is 26.8. The minimum atomic E-state index is -1.42. The Morgan fingerprint density at radius 3 is 0.857 bits per heavy atom. The van der Waals surface area contributed by atoms with Gasteiger partial charge in [-0.2, -0.15) is 0 Å². The average molecular weight is 435 g/mol. The van der Waals surface area contributed by atoms with E-state index in [0.29, 0.717) is 6.71 Å². The molecule has 0 spiro atoms. The zero-order valence-electron chi connectivity index (χ0n) is 21.6. The van der Waals surface area contributed by atoms with Crippen LogP contribution < -0.4 is 0 Å². The van der Waals surface area contributed by atoms with E-state index >= 15 is 0 Å². The number of unbranched alkanes of at least 4 members (excludes halogenated alkanes) is 3. The SMILES string of the molecule is CCC/C=C(/B(/C(=C/CCC)[Si](C)(C)C)/C(=C/CCC)[Si](C)(C)C)[Si](C)(C)C. The molecule has 0 aromatic heterocycles. The summed E-state index contributed by atoms with van der Waals surface area (Å²) < 4.78 is 0. The normalized spacial score (nSPS) is 15.2. The van der Waals surface area contributed by atoms with Gasteiger partial charge in [0.15, 0.2) is 0 Å². The topological polar surface area (TPSA) is 0 Å². The Morgan fingerprint density at radius 2 is 0.714 bits per heavy atom. The van der Waals surface area contributed by atoms with E-state index in [1.807, 2.05) is 15.3 Å². The first-order valence-electron chi connectivity index (χ1n) is 11.8. The molecular formula is C24H51BSi3. The maximum Gasteiger partial charge on any atom is 0.215 e. The summed E-state index contributed by atoms with van der Waals surface area (Å²) in [7, 11) is -4.27.